The van der Waals surface area contributed by atoms with Crippen LogP contribution in [0.5, 0.6) is 11.5 Å². The predicted molar refractivity (Wildman–Crippen MR) is 114 cm³/mol. The first-order valence-electron chi connectivity index (χ1n) is 9.40. The smallest absolute Gasteiger partial charge is 0.341 e. The van der Waals surface area contributed by atoms with Gasteiger partial charge in [-0.05, 0) is 43.2 Å². The summed E-state index contributed by atoms with van der Waals surface area (Å²) in [7, 11) is 4.57. The second kappa shape index (κ2) is 10.9. The first-order chi connectivity index (χ1) is 14.0. The van der Waals surface area contributed by atoms with Crippen molar-refractivity contribution in [1.29, 1.82) is 0 Å². The van der Waals surface area contributed by atoms with Crippen LogP contribution in [0, 0.1) is 6.92 Å². The third-order valence-electron chi connectivity index (χ3n) is 4.33. The summed E-state index contributed by atoms with van der Waals surface area (Å²) in [4.78, 5) is 16.1. The van der Waals surface area contributed by atoms with Gasteiger partial charge in [0.1, 0.15) is 23.2 Å². The normalized spacial score (nSPS) is 12.1. The molecule has 0 aliphatic rings. The minimum atomic E-state index is -0.437. The lowest BCUT2D eigenvalue weighted by molar-refractivity contribution is 0.0597. The number of hydrogen-bond donors (Lipinski definition) is 2. The summed E-state index contributed by atoms with van der Waals surface area (Å²) in [6.45, 7) is 5.09. The van der Waals surface area contributed by atoms with E-state index in [1.807, 2.05) is 44.2 Å². The maximum Gasteiger partial charge on any atom is 0.341 e. The van der Waals surface area contributed by atoms with Crippen LogP contribution in [0.25, 0.3) is 0 Å². The second-order valence-corrected chi connectivity index (χ2v) is 6.53. The molecule has 0 aliphatic heterocycles. The third kappa shape index (κ3) is 6.41. The number of guanidine groups is 1. The molecule has 7 heteroatoms. The molecule has 0 bridgehead atoms. The first-order valence-corrected chi connectivity index (χ1v) is 9.40. The van der Waals surface area contributed by atoms with Gasteiger partial charge < -0.3 is 24.8 Å². The fourth-order valence-electron chi connectivity index (χ4n) is 2.73. The molecule has 0 fully saturated rings. The van der Waals surface area contributed by atoms with Crippen LogP contribution in [0.15, 0.2) is 47.5 Å². The van der Waals surface area contributed by atoms with Crippen LogP contribution in [-0.4, -0.2) is 45.8 Å². The van der Waals surface area contributed by atoms with Gasteiger partial charge in [-0.15, -0.1) is 0 Å². The zero-order chi connectivity index (χ0) is 21.2. The summed E-state index contributed by atoms with van der Waals surface area (Å²) in [5.74, 6) is 1.55. The highest BCUT2D eigenvalue weighted by molar-refractivity contribution is 5.92. The average molecular weight is 399 g/mol. The highest BCUT2D eigenvalue weighted by Gasteiger charge is 2.14. The van der Waals surface area contributed by atoms with Gasteiger partial charge in [0.2, 0.25) is 0 Å². The Bertz CT molecular complexity index is 852. The molecular formula is C22H29N3O4. The number of nitrogens with one attached hydrogen (secondary N) is 2. The summed E-state index contributed by atoms with van der Waals surface area (Å²) in [6, 6.07) is 13.3. The molecule has 0 radical (unpaired) electrons. The fraction of sp³-hybridized carbons (Fsp3) is 0.364. The molecule has 156 valence electrons. The number of carbonyl (C=O) groups excluding carboxylic acids is 1. The standard InChI is InChI=1S/C22H29N3O4/c1-15-8-6-7-9-19(15)29-16(2)13-24-22(23-3)25-14-17-10-11-20(27-4)18(12-17)21(26)28-5/h6-12,16H,13-14H2,1-5H3,(H2,23,24,25). The molecule has 2 N–H and O–H groups in total. The topological polar surface area (TPSA) is 81.2 Å². The lowest BCUT2D eigenvalue weighted by Gasteiger charge is -2.19. The maximum atomic E-state index is 11.9. The van der Waals surface area contributed by atoms with Gasteiger partial charge in [-0.1, -0.05) is 24.3 Å². The van der Waals surface area contributed by atoms with Gasteiger partial charge in [0, 0.05) is 13.6 Å². The van der Waals surface area contributed by atoms with Crippen molar-refractivity contribution in [3.8, 4) is 11.5 Å². The number of nitrogens with zero attached hydrogens (tertiary/aromatic N) is 1. The summed E-state index contributed by atoms with van der Waals surface area (Å²) in [5.41, 5.74) is 2.39. The van der Waals surface area contributed by atoms with Crippen molar-refractivity contribution in [1.82, 2.24) is 10.6 Å². The zero-order valence-corrected chi connectivity index (χ0v) is 17.6. The van der Waals surface area contributed by atoms with Crippen molar-refractivity contribution in [3.05, 3.63) is 59.2 Å². The minimum absolute atomic E-state index is 0.0402. The monoisotopic (exact) mass is 399 g/mol. The molecule has 0 aromatic heterocycles. The number of ether oxygens (including phenoxy) is 3. The van der Waals surface area contributed by atoms with Crippen LogP contribution in [0.2, 0.25) is 0 Å². The molecule has 0 aliphatic carbocycles. The molecule has 7 nitrogen and oxygen atoms in total. The number of methoxy groups -OCH3 is 2. The summed E-state index contributed by atoms with van der Waals surface area (Å²) in [6.07, 6.45) is -0.0402. The number of hydrogen-bond acceptors (Lipinski definition) is 5. The molecule has 0 heterocycles. The fourth-order valence-corrected chi connectivity index (χ4v) is 2.73. The average Bonchev–Trinajstić information content (AvgIpc) is 2.74. The van der Waals surface area contributed by atoms with Crippen molar-refractivity contribution < 1.29 is 19.0 Å². The number of para-hydroxylation sites is 1. The highest BCUT2D eigenvalue weighted by atomic mass is 16.5. The molecule has 2 rings (SSSR count). The molecule has 2 aromatic rings. The number of carbonyl (C=O) groups is 1. The molecule has 0 saturated carbocycles. The van der Waals surface area contributed by atoms with Crippen molar-refractivity contribution >= 4 is 11.9 Å². The van der Waals surface area contributed by atoms with Crippen LogP contribution in [0.4, 0.5) is 0 Å². The van der Waals surface area contributed by atoms with Crippen molar-refractivity contribution in [2.24, 2.45) is 4.99 Å². The van der Waals surface area contributed by atoms with Crippen LogP contribution >= 0.6 is 0 Å². The SMILES string of the molecule is CN=C(NCc1ccc(OC)c(C(=O)OC)c1)NCC(C)Oc1ccccc1C. The number of benzene rings is 2. The number of rotatable bonds is 8. The Morgan fingerprint density at radius 1 is 1.10 bits per heavy atom. The van der Waals surface area contributed by atoms with Crippen molar-refractivity contribution in [2.45, 2.75) is 26.5 Å². The van der Waals surface area contributed by atoms with Gasteiger partial charge in [-0.25, -0.2) is 4.79 Å². The Kier molecular flexibility index (Phi) is 8.33. The Balaban J connectivity index is 1.90. The van der Waals surface area contributed by atoms with Gasteiger partial charge in [-0.3, -0.25) is 4.99 Å². The molecule has 0 amide bonds. The summed E-state index contributed by atoms with van der Waals surface area (Å²) in [5, 5.41) is 6.48. The zero-order valence-electron chi connectivity index (χ0n) is 17.6. The van der Waals surface area contributed by atoms with Crippen LogP contribution in [0.3, 0.4) is 0 Å². The van der Waals surface area contributed by atoms with E-state index in [1.165, 1.54) is 14.2 Å². The van der Waals surface area contributed by atoms with Crippen molar-refractivity contribution in [2.75, 3.05) is 27.8 Å². The van der Waals surface area contributed by atoms with Gasteiger partial charge in [-0.2, -0.15) is 0 Å². The van der Waals surface area contributed by atoms with Crippen LogP contribution in [-0.2, 0) is 11.3 Å². The van der Waals surface area contributed by atoms with Crippen molar-refractivity contribution in [3.63, 3.8) is 0 Å². The van der Waals surface area contributed by atoms with E-state index in [0.29, 0.717) is 30.4 Å². The lowest BCUT2D eigenvalue weighted by atomic mass is 10.1. The summed E-state index contributed by atoms with van der Waals surface area (Å²) < 4.78 is 16.0. The first kappa shape index (κ1) is 22.1. The Labute approximate surface area is 172 Å². The van der Waals surface area contributed by atoms with E-state index >= 15 is 0 Å². The van der Waals surface area contributed by atoms with E-state index in [2.05, 4.69) is 15.6 Å². The molecule has 29 heavy (non-hydrogen) atoms. The minimum Gasteiger partial charge on any atom is -0.496 e. The van der Waals surface area contributed by atoms with E-state index in [4.69, 9.17) is 14.2 Å². The highest BCUT2D eigenvalue weighted by Crippen LogP contribution is 2.21. The predicted octanol–water partition coefficient (Wildman–Crippen LogP) is 2.92. The summed E-state index contributed by atoms with van der Waals surface area (Å²) >= 11 is 0. The Hall–Kier alpha value is -3.22. The molecular weight excluding hydrogens is 370 g/mol. The maximum absolute atomic E-state index is 11.9. The lowest BCUT2D eigenvalue weighted by Crippen LogP contribution is -2.41. The van der Waals surface area contributed by atoms with Gasteiger partial charge in [0.25, 0.3) is 0 Å². The molecule has 0 spiro atoms. The van der Waals surface area contributed by atoms with E-state index in [1.54, 1.807) is 19.2 Å². The van der Waals surface area contributed by atoms with E-state index in [9.17, 15) is 4.79 Å². The Morgan fingerprint density at radius 3 is 2.52 bits per heavy atom. The molecule has 2 aromatic carbocycles. The van der Waals surface area contributed by atoms with E-state index < -0.39 is 5.97 Å². The number of aryl methyl sites for hydroxylation is 1. The molecule has 1 unspecified atom stereocenters. The largest absolute Gasteiger partial charge is 0.496 e. The Morgan fingerprint density at radius 2 is 1.86 bits per heavy atom. The van der Waals surface area contributed by atoms with Gasteiger partial charge in [0.05, 0.1) is 20.8 Å². The third-order valence-corrected chi connectivity index (χ3v) is 4.33. The van der Waals surface area contributed by atoms with E-state index in [0.717, 1.165) is 16.9 Å². The molecule has 1 atom stereocenters. The number of aliphatic imine (C=N–C) groups is 1. The van der Waals surface area contributed by atoms with Crippen LogP contribution in [0.1, 0.15) is 28.4 Å². The molecule has 0 saturated heterocycles. The van der Waals surface area contributed by atoms with Gasteiger partial charge in [0.15, 0.2) is 5.96 Å². The quantitative estimate of drug-likeness (QED) is 0.404. The van der Waals surface area contributed by atoms with E-state index in [-0.39, 0.29) is 6.10 Å². The van der Waals surface area contributed by atoms with Crippen LogP contribution < -0.4 is 20.1 Å². The number of esters is 1. The second-order valence-electron chi connectivity index (χ2n) is 6.53. The van der Waals surface area contributed by atoms with Gasteiger partial charge >= 0.3 is 5.97 Å².